The lowest BCUT2D eigenvalue weighted by Crippen LogP contribution is -2.40. The van der Waals surface area contributed by atoms with Crippen molar-refractivity contribution >= 4 is 40.0 Å². The van der Waals surface area contributed by atoms with Gasteiger partial charge in [0, 0.05) is 45.7 Å². The standard InChI is InChI=1S/C19H32N4O2S.HI/c1-4-20-19(21-13-9-14-22(3)26(24,25)5-2)23-15-12-18(16-23)17-10-7-6-8-11-17;/h6-8,10-11,18H,4-5,9,12-16H2,1-3H3,(H,20,21);1H. The van der Waals surface area contributed by atoms with Crippen LogP contribution in [0.2, 0.25) is 0 Å². The van der Waals surface area contributed by atoms with E-state index in [0.29, 0.717) is 19.0 Å². The smallest absolute Gasteiger partial charge is 0.213 e. The molecule has 1 aliphatic heterocycles. The molecule has 1 N–H and O–H groups in total. The number of hydrogen-bond acceptors (Lipinski definition) is 3. The molecule has 1 aromatic rings. The second-order valence-corrected chi connectivity index (χ2v) is 9.02. The van der Waals surface area contributed by atoms with Crippen LogP contribution in [0.5, 0.6) is 0 Å². The Morgan fingerprint density at radius 2 is 2.00 bits per heavy atom. The van der Waals surface area contributed by atoms with E-state index in [4.69, 9.17) is 4.99 Å². The highest BCUT2D eigenvalue weighted by atomic mass is 127. The first-order valence-electron chi connectivity index (χ1n) is 9.50. The molecule has 1 aromatic carbocycles. The van der Waals surface area contributed by atoms with Gasteiger partial charge >= 0.3 is 0 Å². The van der Waals surface area contributed by atoms with E-state index in [1.165, 1.54) is 9.87 Å². The minimum absolute atomic E-state index is 0. The molecule has 0 amide bonds. The Labute approximate surface area is 181 Å². The Hall–Kier alpha value is -0.870. The van der Waals surface area contributed by atoms with E-state index in [9.17, 15) is 8.42 Å². The summed E-state index contributed by atoms with van der Waals surface area (Å²) >= 11 is 0. The number of benzene rings is 1. The van der Waals surface area contributed by atoms with Crippen LogP contribution in [0, 0.1) is 0 Å². The molecule has 8 heteroatoms. The number of nitrogens with zero attached hydrogens (tertiary/aromatic N) is 3. The molecule has 0 saturated carbocycles. The van der Waals surface area contributed by atoms with E-state index in [0.717, 1.165) is 38.4 Å². The Morgan fingerprint density at radius 1 is 1.30 bits per heavy atom. The molecule has 154 valence electrons. The first kappa shape index (κ1) is 24.2. The van der Waals surface area contributed by atoms with Crippen molar-refractivity contribution in [2.24, 2.45) is 4.99 Å². The van der Waals surface area contributed by atoms with Crippen molar-refractivity contribution in [3.63, 3.8) is 0 Å². The summed E-state index contributed by atoms with van der Waals surface area (Å²) in [6.45, 7) is 7.67. The summed E-state index contributed by atoms with van der Waals surface area (Å²) in [4.78, 5) is 7.03. The van der Waals surface area contributed by atoms with Crippen molar-refractivity contribution in [1.82, 2.24) is 14.5 Å². The fraction of sp³-hybridized carbons (Fsp3) is 0.632. The number of guanidine groups is 1. The van der Waals surface area contributed by atoms with Gasteiger partial charge in [-0.2, -0.15) is 0 Å². The highest BCUT2D eigenvalue weighted by molar-refractivity contribution is 14.0. The third-order valence-electron chi connectivity index (χ3n) is 4.83. The molecule has 1 unspecified atom stereocenters. The second kappa shape index (κ2) is 11.9. The Bertz CT molecular complexity index is 682. The highest BCUT2D eigenvalue weighted by Crippen LogP contribution is 2.26. The summed E-state index contributed by atoms with van der Waals surface area (Å²) in [6, 6.07) is 10.6. The molecule has 0 radical (unpaired) electrons. The highest BCUT2D eigenvalue weighted by Gasteiger charge is 2.25. The SMILES string of the molecule is CCNC(=NCCCN(C)S(=O)(=O)CC)N1CCC(c2ccccc2)C1.I. The number of hydrogen-bond donors (Lipinski definition) is 1. The molecule has 1 heterocycles. The van der Waals surface area contributed by atoms with Gasteiger partial charge in [-0.05, 0) is 32.3 Å². The van der Waals surface area contributed by atoms with Crippen LogP contribution in [0.3, 0.4) is 0 Å². The fourth-order valence-electron chi connectivity index (χ4n) is 3.21. The second-order valence-electron chi connectivity index (χ2n) is 6.65. The van der Waals surface area contributed by atoms with Crippen LogP contribution < -0.4 is 5.32 Å². The third kappa shape index (κ3) is 7.23. The van der Waals surface area contributed by atoms with Gasteiger partial charge in [0.2, 0.25) is 10.0 Å². The van der Waals surface area contributed by atoms with E-state index >= 15 is 0 Å². The number of halogens is 1. The van der Waals surface area contributed by atoms with Crippen molar-refractivity contribution < 1.29 is 8.42 Å². The maximum Gasteiger partial charge on any atom is 0.213 e. The minimum Gasteiger partial charge on any atom is -0.357 e. The average Bonchev–Trinajstić information content (AvgIpc) is 3.14. The zero-order chi connectivity index (χ0) is 19.0. The fourth-order valence-corrected chi connectivity index (χ4v) is 4.06. The van der Waals surface area contributed by atoms with E-state index in [1.54, 1.807) is 14.0 Å². The number of sulfonamides is 1. The molecule has 1 saturated heterocycles. The Morgan fingerprint density at radius 3 is 2.63 bits per heavy atom. The summed E-state index contributed by atoms with van der Waals surface area (Å²) in [7, 11) is -1.47. The van der Waals surface area contributed by atoms with Crippen LogP contribution in [0.25, 0.3) is 0 Å². The number of likely N-dealkylation sites (tertiary alicyclic amines) is 1. The first-order valence-corrected chi connectivity index (χ1v) is 11.1. The van der Waals surface area contributed by atoms with Gasteiger partial charge in [-0.1, -0.05) is 30.3 Å². The predicted octanol–water partition coefficient (Wildman–Crippen LogP) is 2.73. The quantitative estimate of drug-likeness (QED) is 0.254. The van der Waals surface area contributed by atoms with Gasteiger partial charge in [-0.3, -0.25) is 4.99 Å². The zero-order valence-corrected chi connectivity index (χ0v) is 19.7. The van der Waals surface area contributed by atoms with E-state index in [2.05, 4.69) is 47.5 Å². The normalized spacial score (nSPS) is 17.9. The number of nitrogens with one attached hydrogen (secondary N) is 1. The predicted molar refractivity (Wildman–Crippen MR) is 123 cm³/mol. The van der Waals surface area contributed by atoms with Gasteiger partial charge in [0.15, 0.2) is 5.96 Å². The molecular weight excluding hydrogens is 475 g/mol. The lowest BCUT2D eigenvalue weighted by atomic mass is 9.99. The maximum atomic E-state index is 11.8. The van der Waals surface area contributed by atoms with Gasteiger partial charge in [0.1, 0.15) is 0 Å². The van der Waals surface area contributed by atoms with Gasteiger partial charge in [-0.15, -0.1) is 24.0 Å². The minimum atomic E-state index is -3.10. The Balaban J connectivity index is 0.00000364. The average molecular weight is 508 g/mol. The molecule has 0 bridgehead atoms. The summed E-state index contributed by atoms with van der Waals surface area (Å²) < 4.78 is 25.0. The summed E-state index contributed by atoms with van der Waals surface area (Å²) in [6.07, 6.45) is 1.85. The van der Waals surface area contributed by atoms with Crippen molar-refractivity contribution in [3.05, 3.63) is 35.9 Å². The maximum absolute atomic E-state index is 11.8. The lowest BCUT2D eigenvalue weighted by Gasteiger charge is -2.22. The topological polar surface area (TPSA) is 65.0 Å². The van der Waals surface area contributed by atoms with Crippen LogP contribution in [0.15, 0.2) is 35.3 Å². The van der Waals surface area contributed by atoms with Crippen molar-refractivity contribution in [3.8, 4) is 0 Å². The largest absolute Gasteiger partial charge is 0.357 e. The van der Waals surface area contributed by atoms with Crippen LogP contribution in [0.1, 0.15) is 38.2 Å². The number of aliphatic imine (C=N–C) groups is 1. The Kier molecular flexibility index (Phi) is 10.6. The van der Waals surface area contributed by atoms with Gasteiger partial charge in [0.05, 0.1) is 5.75 Å². The molecule has 27 heavy (non-hydrogen) atoms. The molecule has 1 aliphatic rings. The first-order chi connectivity index (χ1) is 12.5. The van der Waals surface area contributed by atoms with Gasteiger partial charge in [0.25, 0.3) is 0 Å². The van der Waals surface area contributed by atoms with Crippen LogP contribution in [0.4, 0.5) is 0 Å². The monoisotopic (exact) mass is 508 g/mol. The van der Waals surface area contributed by atoms with Crippen LogP contribution in [-0.2, 0) is 10.0 Å². The summed E-state index contributed by atoms with van der Waals surface area (Å²) in [5, 5.41) is 3.37. The molecule has 2 rings (SSSR count). The zero-order valence-electron chi connectivity index (χ0n) is 16.6. The molecule has 1 fully saturated rings. The summed E-state index contributed by atoms with van der Waals surface area (Å²) in [5.41, 5.74) is 1.39. The molecule has 0 aliphatic carbocycles. The number of rotatable bonds is 8. The van der Waals surface area contributed by atoms with E-state index in [-0.39, 0.29) is 29.7 Å². The van der Waals surface area contributed by atoms with E-state index < -0.39 is 10.0 Å². The van der Waals surface area contributed by atoms with Crippen LogP contribution in [-0.4, -0.2) is 69.1 Å². The van der Waals surface area contributed by atoms with Crippen LogP contribution >= 0.6 is 24.0 Å². The molecule has 0 spiro atoms. The van der Waals surface area contributed by atoms with Gasteiger partial charge in [-0.25, -0.2) is 12.7 Å². The molecule has 6 nitrogen and oxygen atoms in total. The summed E-state index contributed by atoms with van der Waals surface area (Å²) in [5.74, 6) is 1.62. The van der Waals surface area contributed by atoms with Gasteiger partial charge < -0.3 is 10.2 Å². The lowest BCUT2D eigenvalue weighted by molar-refractivity contribution is 0.460. The van der Waals surface area contributed by atoms with Crippen molar-refractivity contribution in [2.45, 2.75) is 32.6 Å². The third-order valence-corrected chi connectivity index (χ3v) is 6.69. The molecular formula is C19H33IN4O2S. The van der Waals surface area contributed by atoms with E-state index in [1.807, 2.05) is 0 Å². The van der Waals surface area contributed by atoms with Crippen molar-refractivity contribution in [2.75, 3.05) is 45.5 Å². The van der Waals surface area contributed by atoms with Crippen molar-refractivity contribution in [1.29, 1.82) is 0 Å². The molecule has 1 atom stereocenters. The molecule has 0 aromatic heterocycles.